The number of para-hydroxylation sites is 1. The molecule has 130 valence electrons. The number of benzene rings is 1. The Morgan fingerprint density at radius 1 is 1.17 bits per heavy atom. The third kappa shape index (κ3) is 5.79. The number of carbonyl (C=O) groups is 1. The van der Waals surface area contributed by atoms with Gasteiger partial charge in [0.15, 0.2) is 8.68 Å². The number of carbonyl (C=O) groups excluding carboxylic acids is 1. The molecule has 0 atom stereocenters. The van der Waals surface area contributed by atoms with Crippen molar-refractivity contribution in [1.29, 1.82) is 0 Å². The van der Waals surface area contributed by atoms with E-state index in [9.17, 15) is 4.79 Å². The minimum absolute atomic E-state index is 0.0941. The number of unbranched alkanes of at least 4 members (excludes halogenated alkanes) is 1. The Hall–Kier alpha value is -1.05. The fourth-order valence-electron chi connectivity index (χ4n) is 2.13. The van der Waals surface area contributed by atoms with Crippen molar-refractivity contribution >= 4 is 46.5 Å². The average molecular weight is 382 g/mol. The van der Waals surface area contributed by atoms with Crippen molar-refractivity contribution in [2.45, 2.75) is 48.3 Å². The van der Waals surface area contributed by atoms with Crippen LogP contribution < -0.4 is 4.90 Å². The number of amides is 1. The molecule has 2 aromatic rings. The van der Waals surface area contributed by atoms with E-state index in [-0.39, 0.29) is 11.9 Å². The highest BCUT2D eigenvalue weighted by molar-refractivity contribution is 8.03. The molecule has 2 rings (SSSR count). The van der Waals surface area contributed by atoms with Crippen molar-refractivity contribution in [3.63, 3.8) is 0 Å². The third-order valence-corrected chi connectivity index (χ3v) is 6.51. The summed E-state index contributed by atoms with van der Waals surface area (Å²) in [5, 5.41) is 8.37. The van der Waals surface area contributed by atoms with E-state index >= 15 is 0 Å². The monoisotopic (exact) mass is 381 g/mol. The van der Waals surface area contributed by atoms with Crippen molar-refractivity contribution in [2.24, 2.45) is 0 Å². The molecule has 0 radical (unpaired) electrons. The van der Waals surface area contributed by atoms with Gasteiger partial charge in [-0.25, -0.2) is 0 Å². The molecule has 0 spiro atoms. The lowest BCUT2D eigenvalue weighted by molar-refractivity contribution is -0.116. The second kappa shape index (κ2) is 10.1. The van der Waals surface area contributed by atoms with Crippen LogP contribution in [0.1, 0.15) is 33.6 Å². The second-order valence-corrected chi connectivity index (χ2v) is 9.06. The van der Waals surface area contributed by atoms with E-state index in [0.717, 1.165) is 20.1 Å². The molecule has 0 aliphatic carbocycles. The highest BCUT2D eigenvalue weighted by Crippen LogP contribution is 2.30. The molecule has 0 aliphatic heterocycles. The molecule has 0 saturated heterocycles. The second-order valence-electron chi connectivity index (χ2n) is 5.52. The number of rotatable bonds is 9. The Bertz CT molecular complexity index is 631. The largest absolute Gasteiger partial charge is 0.309 e. The maximum atomic E-state index is 12.6. The summed E-state index contributed by atoms with van der Waals surface area (Å²) in [6.45, 7) is 6.24. The molecular formula is C17H23N3OS3. The molecular weight excluding hydrogens is 358 g/mol. The molecule has 0 unspecified atom stereocenters. The van der Waals surface area contributed by atoms with Crippen LogP contribution in [-0.2, 0) is 4.79 Å². The van der Waals surface area contributed by atoms with Gasteiger partial charge in [0.2, 0.25) is 5.91 Å². The zero-order valence-electron chi connectivity index (χ0n) is 14.3. The van der Waals surface area contributed by atoms with Crippen LogP contribution in [0.15, 0.2) is 39.0 Å². The molecule has 0 fully saturated rings. The van der Waals surface area contributed by atoms with E-state index in [2.05, 4.69) is 17.1 Å². The lowest BCUT2D eigenvalue weighted by atomic mass is 10.2. The number of hydrogen-bond acceptors (Lipinski definition) is 6. The SMILES string of the molecule is CCCCSc1nnc(SCC(=O)N(c2ccccc2)C(C)C)s1. The maximum absolute atomic E-state index is 12.6. The molecule has 0 aliphatic rings. The molecule has 0 N–H and O–H groups in total. The van der Waals surface area contributed by atoms with Crippen LogP contribution in [0.3, 0.4) is 0 Å². The minimum atomic E-state index is 0.0941. The first kappa shape index (κ1) is 19.3. The fourth-order valence-corrected chi connectivity index (χ4v) is 5.16. The Morgan fingerprint density at radius 2 is 1.83 bits per heavy atom. The van der Waals surface area contributed by atoms with Gasteiger partial charge in [0, 0.05) is 17.5 Å². The molecule has 1 heterocycles. The average Bonchev–Trinajstić information content (AvgIpc) is 3.02. The minimum Gasteiger partial charge on any atom is -0.309 e. The number of anilines is 1. The highest BCUT2D eigenvalue weighted by atomic mass is 32.2. The van der Waals surface area contributed by atoms with E-state index in [1.165, 1.54) is 24.6 Å². The van der Waals surface area contributed by atoms with E-state index < -0.39 is 0 Å². The number of nitrogens with zero attached hydrogens (tertiary/aromatic N) is 3. The van der Waals surface area contributed by atoms with Crippen molar-refractivity contribution in [2.75, 3.05) is 16.4 Å². The summed E-state index contributed by atoms with van der Waals surface area (Å²) in [6, 6.07) is 9.92. The van der Waals surface area contributed by atoms with Crippen LogP contribution in [0.2, 0.25) is 0 Å². The number of hydrogen-bond donors (Lipinski definition) is 0. The molecule has 7 heteroatoms. The number of thioether (sulfide) groups is 2. The molecule has 4 nitrogen and oxygen atoms in total. The van der Waals surface area contributed by atoms with E-state index in [1.807, 2.05) is 49.1 Å². The molecule has 1 aromatic heterocycles. The first-order valence-corrected chi connectivity index (χ1v) is 10.9. The molecule has 1 aromatic carbocycles. The van der Waals surface area contributed by atoms with E-state index in [0.29, 0.717) is 5.75 Å². The zero-order chi connectivity index (χ0) is 17.4. The van der Waals surface area contributed by atoms with Gasteiger partial charge in [-0.15, -0.1) is 10.2 Å². The van der Waals surface area contributed by atoms with Crippen LogP contribution in [0.4, 0.5) is 5.69 Å². The first-order chi connectivity index (χ1) is 11.6. The van der Waals surface area contributed by atoms with Crippen molar-refractivity contribution < 1.29 is 4.79 Å². The van der Waals surface area contributed by atoms with Crippen molar-refractivity contribution in [1.82, 2.24) is 10.2 Å². The summed E-state index contributed by atoms with van der Waals surface area (Å²) in [4.78, 5) is 14.5. The summed E-state index contributed by atoms with van der Waals surface area (Å²) in [5.41, 5.74) is 0.936. The molecule has 0 saturated carbocycles. The number of aromatic nitrogens is 2. The Labute approximate surface area is 156 Å². The quantitative estimate of drug-likeness (QED) is 0.453. The van der Waals surface area contributed by atoms with Gasteiger partial charge in [-0.1, -0.05) is 66.4 Å². The van der Waals surface area contributed by atoms with Gasteiger partial charge in [0.25, 0.3) is 0 Å². The van der Waals surface area contributed by atoms with Crippen LogP contribution in [-0.4, -0.2) is 33.7 Å². The lowest BCUT2D eigenvalue weighted by Gasteiger charge is -2.26. The highest BCUT2D eigenvalue weighted by Gasteiger charge is 2.19. The predicted molar refractivity (Wildman–Crippen MR) is 105 cm³/mol. The van der Waals surface area contributed by atoms with Gasteiger partial charge in [0.1, 0.15) is 0 Å². The molecule has 24 heavy (non-hydrogen) atoms. The maximum Gasteiger partial charge on any atom is 0.237 e. The topological polar surface area (TPSA) is 46.1 Å². The van der Waals surface area contributed by atoms with Crippen molar-refractivity contribution in [3.05, 3.63) is 30.3 Å². The van der Waals surface area contributed by atoms with Crippen LogP contribution in [0.5, 0.6) is 0 Å². The zero-order valence-corrected chi connectivity index (χ0v) is 16.7. The summed E-state index contributed by atoms with van der Waals surface area (Å²) in [5.74, 6) is 1.54. The van der Waals surface area contributed by atoms with Gasteiger partial charge in [-0.05, 0) is 32.4 Å². The molecule has 0 bridgehead atoms. The predicted octanol–water partition coefficient (Wildman–Crippen LogP) is 4.96. The summed E-state index contributed by atoms with van der Waals surface area (Å²) in [6.07, 6.45) is 2.37. The van der Waals surface area contributed by atoms with Gasteiger partial charge in [0.05, 0.1) is 5.75 Å². The van der Waals surface area contributed by atoms with Crippen molar-refractivity contribution in [3.8, 4) is 0 Å². The Morgan fingerprint density at radius 3 is 2.46 bits per heavy atom. The normalized spacial score (nSPS) is 11.0. The van der Waals surface area contributed by atoms with Crippen LogP contribution in [0, 0.1) is 0 Å². The van der Waals surface area contributed by atoms with Crippen LogP contribution >= 0.6 is 34.9 Å². The summed E-state index contributed by atoms with van der Waals surface area (Å²) in [7, 11) is 0. The third-order valence-electron chi connectivity index (χ3n) is 3.25. The lowest BCUT2D eigenvalue weighted by Crippen LogP contribution is -2.38. The first-order valence-electron chi connectivity index (χ1n) is 8.08. The van der Waals surface area contributed by atoms with Gasteiger partial charge in [-0.3, -0.25) is 4.79 Å². The van der Waals surface area contributed by atoms with Gasteiger partial charge >= 0.3 is 0 Å². The fraction of sp³-hybridized carbons (Fsp3) is 0.471. The summed E-state index contributed by atoms with van der Waals surface area (Å²) < 4.78 is 1.85. The summed E-state index contributed by atoms with van der Waals surface area (Å²) >= 11 is 4.79. The van der Waals surface area contributed by atoms with Gasteiger partial charge in [-0.2, -0.15) is 0 Å². The Kier molecular flexibility index (Phi) is 8.08. The van der Waals surface area contributed by atoms with E-state index in [4.69, 9.17) is 0 Å². The van der Waals surface area contributed by atoms with E-state index in [1.54, 1.807) is 23.1 Å². The smallest absolute Gasteiger partial charge is 0.237 e. The molecule has 1 amide bonds. The van der Waals surface area contributed by atoms with Gasteiger partial charge < -0.3 is 4.90 Å². The Balaban J connectivity index is 1.91. The standard InChI is InChI=1S/C17H23N3OS3/c1-4-5-11-22-16-18-19-17(24-16)23-12-15(21)20(13(2)3)14-9-7-6-8-10-14/h6-10,13H,4-5,11-12H2,1-3H3. The van der Waals surface area contributed by atoms with Crippen LogP contribution in [0.25, 0.3) is 0 Å².